The van der Waals surface area contributed by atoms with Crippen LogP contribution in [0, 0.1) is 0 Å². The van der Waals surface area contributed by atoms with Gasteiger partial charge >= 0.3 is 0 Å². The molecule has 1 aromatic heterocycles. The molecule has 0 aliphatic heterocycles. The Kier molecular flexibility index (Phi) is 2.15. The molecule has 1 heterocycles. The topological polar surface area (TPSA) is 55.0 Å². The first-order valence-corrected chi connectivity index (χ1v) is 4.74. The summed E-state index contributed by atoms with van der Waals surface area (Å²) >= 11 is 0. The highest BCUT2D eigenvalue weighted by Gasteiger charge is 2.41. The molecule has 4 nitrogen and oxygen atoms in total. The highest BCUT2D eigenvalue weighted by Crippen LogP contribution is 2.45. The summed E-state index contributed by atoms with van der Waals surface area (Å²) in [6.07, 6.45) is 2.21. The van der Waals surface area contributed by atoms with E-state index in [1.807, 2.05) is 0 Å². The van der Waals surface area contributed by atoms with Crippen molar-refractivity contribution >= 4 is 0 Å². The average molecular weight is 194 g/mol. The predicted molar refractivity (Wildman–Crippen MR) is 52.2 cm³/mol. The smallest absolute Gasteiger partial charge is 0.251 e. The van der Waals surface area contributed by atoms with E-state index in [1.54, 1.807) is 7.11 Å². The van der Waals surface area contributed by atoms with Crippen molar-refractivity contribution in [2.24, 2.45) is 0 Å². The number of rotatable bonds is 3. The zero-order valence-electron chi connectivity index (χ0n) is 8.46. The van der Waals surface area contributed by atoms with E-state index in [1.165, 1.54) is 6.07 Å². The van der Waals surface area contributed by atoms with Crippen LogP contribution in [0.15, 0.2) is 10.9 Å². The summed E-state index contributed by atoms with van der Waals surface area (Å²) in [5.41, 5.74) is 0.720. The van der Waals surface area contributed by atoms with E-state index in [9.17, 15) is 4.79 Å². The van der Waals surface area contributed by atoms with E-state index in [0.29, 0.717) is 12.3 Å². The van der Waals surface area contributed by atoms with E-state index in [0.717, 1.165) is 18.7 Å². The molecule has 76 valence electrons. The van der Waals surface area contributed by atoms with Crippen LogP contribution in [0.25, 0.3) is 0 Å². The average Bonchev–Trinajstić information content (AvgIpc) is 2.85. The molecule has 0 spiro atoms. The largest absolute Gasteiger partial charge is 0.378 e. The molecule has 0 aromatic carbocycles. The molecule has 1 fully saturated rings. The Hall–Kier alpha value is -1.16. The van der Waals surface area contributed by atoms with Crippen molar-refractivity contribution in [3.05, 3.63) is 27.9 Å². The maximum Gasteiger partial charge on any atom is 0.251 e. The number of ether oxygens (including phenoxy) is 1. The van der Waals surface area contributed by atoms with Gasteiger partial charge < -0.3 is 9.72 Å². The summed E-state index contributed by atoms with van der Waals surface area (Å²) in [5, 5.41) is 0. The van der Waals surface area contributed by atoms with Crippen LogP contribution < -0.4 is 5.56 Å². The lowest BCUT2D eigenvalue weighted by Gasteiger charge is -2.08. The first kappa shape index (κ1) is 9.40. The van der Waals surface area contributed by atoms with Crippen LogP contribution in [-0.4, -0.2) is 17.1 Å². The standard InChI is InChI=1S/C10H14N2O2/c1-10(3-4-10)9-11-7(6-14-2)5-8(13)12-9/h5H,3-4,6H2,1-2H3,(H,11,12,13). The summed E-state index contributed by atoms with van der Waals surface area (Å²) in [4.78, 5) is 18.5. The number of H-pyrrole nitrogens is 1. The van der Waals surface area contributed by atoms with Crippen molar-refractivity contribution in [1.29, 1.82) is 0 Å². The number of nitrogens with one attached hydrogen (secondary N) is 1. The van der Waals surface area contributed by atoms with Gasteiger partial charge in [0.25, 0.3) is 5.56 Å². The van der Waals surface area contributed by atoms with E-state index in [2.05, 4.69) is 16.9 Å². The normalized spacial score (nSPS) is 18.1. The van der Waals surface area contributed by atoms with Gasteiger partial charge in [-0.05, 0) is 12.8 Å². The van der Waals surface area contributed by atoms with Crippen molar-refractivity contribution in [2.45, 2.75) is 31.8 Å². The van der Waals surface area contributed by atoms with Gasteiger partial charge in [-0.25, -0.2) is 4.98 Å². The van der Waals surface area contributed by atoms with Crippen LogP contribution in [0.4, 0.5) is 0 Å². The minimum absolute atomic E-state index is 0.0878. The molecule has 0 saturated heterocycles. The van der Waals surface area contributed by atoms with E-state index >= 15 is 0 Å². The molecular weight excluding hydrogens is 180 g/mol. The maximum absolute atomic E-state index is 11.3. The monoisotopic (exact) mass is 194 g/mol. The van der Waals surface area contributed by atoms with Crippen LogP contribution >= 0.6 is 0 Å². The Bertz CT molecular complexity index is 393. The van der Waals surface area contributed by atoms with Crippen LogP contribution in [-0.2, 0) is 16.8 Å². The molecule has 1 saturated carbocycles. The second kappa shape index (κ2) is 3.20. The van der Waals surface area contributed by atoms with Gasteiger partial charge in [0.15, 0.2) is 0 Å². The SMILES string of the molecule is COCc1cc(=O)[nH]c(C2(C)CC2)n1. The third-order valence-corrected chi connectivity index (χ3v) is 2.66. The molecule has 0 amide bonds. The second-order valence-corrected chi connectivity index (χ2v) is 4.08. The van der Waals surface area contributed by atoms with Crippen molar-refractivity contribution in [3.63, 3.8) is 0 Å². The van der Waals surface area contributed by atoms with Crippen LogP contribution in [0.3, 0.4) is 0 Å². The van der Waals surface area contributed by atoms with Gasteiger partial charge in [-0.2, -0.15) is 0 Å². The Balaban J connectivity index is 2.37. The maximum atomic E-state index is 11.3. The third kappa shape index (κ3) is 1.70. The fourth-order valence-electron chi connectivity index (χ4n) is 1.44. The Labute approximate surface area is 82.3 Å². The minimum atomic E-state index is -0.0878. The Morgan fingerprint density at radius 1 is 1.64 bits per heavy atom. The van der Waals surface area contributed by atoms with Gasteiger partial charge in [-0.3, -0.25) is 4.79 Å². The van der Waals surface area contributed by atoms with E-state index in [-0.39, 0.29) is 11.0 Å². The summed E-state index contributed by atoms with van der Waals surface area (Å²) in [6.45, 7) is 2.51. The van der Waals surface area contributed by atoms with Crippen molar-refractivity contribution in [2.75, 3.05) is 7.11 Å². The highest BCUT2D eigenvalue weighted by atomic mass is 16.5. The molecule has 1 N–H and O–H groups in total. The number of nitrogens with zero attached hydrogens (tertiary/aromatic N) is 1. The molecule has 0 radical (unpaired) electrons. The highest BCUT2D eigenvalue weighted by molar-refractivity contribution is 5.17. The molecule has 0 atom stereocenters. The summed E-state index contributed by atoms with van der Waals surface area (Å²) in [6, 6.07) is 1.48. The number of hydrogen-bond acceptors (Lipinski definition) is 3. The summed E-state index contributed by atoms with van der Waals surface area (Å²) in [5.74, 6) is 0.803. The Morgan fingerprint density at radius 2 is 2.36 bits per heavy atom. The molecule has 2 rings (SSSR count). The molecule has 0 unspecified atom stereocenters. The number of aromatic amines is 1. The summed E-state index contributed by atoms with van der Waals surface area (Å²) in [7, 11) is 1.60. The van der Waals surface area contributed by atoms with Crippen LogP contribution in [0.2, 0.25) is 0 Å². The van der Waals surface area contributed by atoms with Gasteiger partial charge in [0.1, 0.15) is 5.82 Å². The number of hydrogen-bond donors (Lipinski definition) is 1. The quantitative estimate of drug-likeness (QED) is 0.780. The fourth-order valence-corrected chi connectivity index (χ4v) is 1.44. The summed E-state index contributed by atoms with van der Waals surface area (Å²) < 4.78 is 4.96. The first-order chi connectivity index (χ1) is 6.64. The molecule has 1 aliphatic rings. The fraction of sp³-hybridized carbons (Fsp3) is 0.600. The van der Waals surface area contributed by atoms with Crippen molar-refractivity contribution in [1.82, 2.24) is 9.97 Å². The van der Waals surface area contributed by atoms with E-state index < -0.39 is 0 Å². The number of aromatic nitrogens is 2. The van der Waals surface area contributed by atoms with Gasteiger partial charge in [0, 0.05) is 18.6 Å². The molecule has 1 aromatic rings. The molecule has 0 bridgehead atoms. The molecule has 1 aliphatic carbocycles. The zero-order chi connectivity index (χ0) is 10.2. The molecule has 14 heavy (non-hydrogen) atoms. The minimum Gasteiger partial charge on any atom is -0.378 e. The van der Waals surface area contributed by atoms with E-state index in [4.69, 9.17) is 4.74 Å². The van der Waals surface area contributed by atoms with Gasteiger partial charge in [-0.1, -0.05) is 6.92 Å². The lowest BCUT2D eigenvalue weighted by Crippen LogP contribution is -2.18. The lowest BCUT2D eigenvalue weighted by atomic mass is 10.1. The van der Waals surface area contributed by atoms with Gasteiger partial charge in [0.05, 0.1) is 12.3 Å². The molecule has 4 heteroatoms. The Morgan fingerprint density at radius 3 is 2.93 bits per heavy atom. The van der Waals surface area contributed by atoms with Gasteiger partial charge in [0.2, 0.25) is 0 Å². The van der Waals surface area contributed by atoms with Crippen LogP contribution in [0.1, 0.15) is 31.3 Å². The third-order valence-electron chi connectivity index (χ3n) is 2.66. The second-order valence-electron chi connectivity index (χ2n) is 4.08. The predicted octanol–water partition coefficient (Wildman–Crippen LogP) is 0.968. The van der Waals surface area contributed by atoms with Gasteiger partial charge in [-0.15, -0.1) is 0 Å². The molecular formula is C10H14N2O2. The van der Waals surface area contributed by atoms with Crippen molar-refractivity contribution in [3.8, 4) is 0 Å². The van der Waals surface area contributed by atoms with Crippen molar-refractivity contribution < 1.29 is 4.74 Å². The number of methoxy groups -OCH3 is 1. The zero-order valence-corrected chi connectivity index (χ0v) is 8.46. The first-order valence-electron chi connectivity index (χ1n) is 4.74. The van der Waals surface area contributed by atoms with Crippen LogP contribution in [0.5, 0.6) is 0 Å². The lowest BCUT2D eigenvalue weighted by molar-refractivity contribution is 0.181.